The van der Waals surface area contributed by atoms with Gasteiger partial charge in [-0.3, -0.25) is 0 Å². The lowest BCUT2D eigenvalue weighted by Gasteiger charge is -2.36. The Bertz CT molecular complexity index is 200. The van der Waals surface area contributed by atoms with Crippen LogP contribution in [0.3, 0.4) is 0 Å². The lowest BCUT2D eigenvalue weighted by Crippen LogP contribution is -2.41. The molecule has 2 rings (SSSR count). The van der Waals surface area contributed by atoms with E-state index in [-0.39, 0.29) is 5.60 Å². The fourth-order valence-electron chi connectivity index (χ4n) is 2.07. The van der Waals surface area contributed by atoms with Gasteiger partial charge in [-0.2, -0.15) is 0 Å². The summed E-state index contributed by atoms with van der Waals surface area (Å²) in [4.78, 5) is 0. The minimum absolute atomic E-state index is 0.0127. The van der Waals surface area contributed by atoms with Crippen LogP contribution in [-0.2, 0) is 14.2 Å². The summed E-state index contributed by atoms with van der Waals surface area (Å²) in [6, 6.07) is 0. The highest BCUT2D eigenvalue weighted by molar-refractivity contribution is 9.09. The summed E-state index contributed by atoms with van der Waals surface area (Å²) in [6.07, 6.45) is 6.28. The van der Waals surface area contributed by atoms with Crippen molar-refractivity contribution in [3.05, 3.63) is 0 Å². The predicted octanol–water partition coefficient (Wildman–Crippen LogP) is 2.52. The smallest absolute Gasteiger partial charge is 0.0823 e. The van der Waals surface area contributed by atoms with E-state index >= 15 is 0 Å². The summed E-state index contributed by atoms with van der Waals surface area (Å²) in [7, 11) is 0. The number of hydrogen-bond donors (Lipinski definition) is 0. The first kappa shape index (κ1) is 12.8. The largest absolute Gasteiger partial charge is 0.381 e. The van der Waals surface area contributed by atoms with Gasteiger partial charge in [-0.1, -0.05) is 15.9 Å². The Balaban J connectivity index is 1.61. The van der Waals surface area contributed by atoms with Crippen molar-refractivity contribution in [2.24, 2.45) is 0 Å². The summed E-state index contributed by atoms with van der Waals surface area (Å²) < 4.78 is 17.0. The van der Waals surface area contributed by atoms with Gasteiger partial charge in [0.1, 0.15) is 0 Å². The SMILES string of the molecule is BrCC1(OCCOC2CCC2)CCOCC1. The highest BCUT2D eigenvalue weighted by atomic mass is 79.9. The average molecular weight is 293 g/mol. The molecule has 0 amide bonds. The van der Waals surface area contributed by atoms with Crippen LogP contribution < -0.4 is 0 Å². The summed E-state index contributed by atoms with van der Waals surface area (Å²) in [5, 5.41) is 0.896. The zero-order valence-corrected chi connectivity index (χ0v) is 11.3. The van der Waals surface area contributed by atoms with E-state index in [4.69, 9.17) is 14.2 Å². The number of alkyl halides is 1. The van der Waals surface area contributed by atoms with Crippen molar-refractivity contribution in [3.63, 3.8) is 0 Å². The molecule has 0 aromatic rings. The van der Waals surface area contributed by atoms with E-state index in [0.717, 1.165) is 38.0 Å². The second-order valence-corrected chi connectivity index (χ2v) is 5.26. The van der Waals surface area contributed by atoms with Crippen LogP contribution in [0, 0.1) is 0 Å². The molecule has 0 N–H and O–H groups in total. The van der Waals surface area contributed by atoms with E-state index in [2.05, 4.69) is 15.9 Å². The standard InChI is InChI=1S/C12H21BrO3/c13-10-12(4-6-14-7-5-12)16-9-8-15-11-2-1-3-11/h11H,1-10H2. The van der Waals surface area contributed by atoms with E-state index < -0.39 is 0 Å². The van der Waals surface area contributed by atoms with Gasteiger partial charge in [0, 0.05) is 31.4 Å². The Labute approximate surface area is 106 Å². The van der Waals surface area contributed by atoms with Crippen LogP contribution in [0.5, 0.6) is 0 Å². The molecule has 0 spiro atoms. The summed E-state index contributed by atoms with van der Waals surface area (Å²) in [5.41, 5.74) is -0.0127. The van der Waals surface area contributed by atoms with Crippen molar-refractivity contribution < 1.29 is 14.2 Å². The van der Waals surface area contributed by atoms with Crippen molar-refractivity contribution >= 4 is 15.9 Å². The van der Waals surface area contributed by atoms with Crippen LogP contribution in [0.15, 0.2) is 0 Å². The lowest BCUT2D eigenvalue weighted by molar-refractivity contribution is -0.117. The molecule has 16 heavy (non-hydrogen) atoms. The molecule has 1 aliphatic heterocycles. The van der Waals surface area contributed by atoms with E-state index in [9.17, 15) is 0 Å². The Morgan fingerprint density at radius 2 is 1.94 bits per heavy atom. The molecule has 0 unspecified atom stereocenters. The van der Waals surface area contributed by atoms with Gasteiger partial charge >= 0.3 is 0 Å². The normalized spacial score (nSPS) is 25.3. The van der Waals surface area contributed by atoms with Crippen LogP contribution in [0.2, 0.25) is 0 Å². The highest BCUT2D eigenvalue weighted by Crippen LogP contribution is 2.27. The molecule has 94 valence electrons. The van der Waals surface area contributed by atoms with Crippen molar-refractivity contribution in [1.29, 1.82) is 0 Å². The quantitative estimate of drug-likeness (QED) is 0.556. The maximum atomic E-state index is 5.99. The summed E-state index contributed by atoms with van der Waals surface area (Å²) in [5.74, 6) is 0. The molecule has 3 nitrogen and oxygen atoms in total. The fourth-order valence-corrected chi connectivity index (χ4v) is 2.79. The molecule has 0 atom stereocenters. The Morgan fingerprint density at radius 1 is 1.19 bits per heavy atom. The van der Waals surface area contributed by atoms with Crippen molar-refractivity contribution in [2.75, 3.05) is 31.8 Å². The van der Waals surface area contributed by atoms with Crippen molar-refractivity contribution in [1.82, 2.24) is 0 Å². The van der Waals surface area contributed by atoms with Gasteiger partial charge in [-0.25, -0.2) is 0 Å². The van der Waals surface area contributed by atoms with E-state index in [1.807, 2.05) is 0 Å². The topological polar surface area (TPSA) is 27.7 Å². The third-order valence-electron chi connectivity index (χ3n) is 3.54. The second-order valence-electron chi connectivity index (χ2n) is 4.70. The molecule has 0 aromatic carbocycles. The molecule has 2 fully saturated rings. The zero-order chi connectivity index (χ0) is 11.3. The Hall–Kier alpha value is 0.360. The van der Waals surface area contributed by atoms with Gasteiger partial charge in [0.25, 0.3) is 0 Å². The first-order valence-electron chi connectivity index (χ1n) is 6.24. The maximum Gasteiger partial charge on any atom is 0.0823 e. The van der Waals surface area contributed by atoms with Crippen molar-refractivity contribution in [2.45, 2.75) is 43.8 Å². The van der Waals surface area contributed by atoms with Crippen LogP contribution in [0.1, 0.15) is 32.1 Å². The zero-order valence-electron chi connectivity index (χ0n) is 9.75. The molecule has 0 radical (unpaired) electrons. The molecule has 4 heteroatoms. The van der Waals surface area contributed by atoms with E-state index in [1.54, 1.807) is 0 Å². The number of ether oxygens (including phenoxy) is 3. The molecule has 2 aliphatic rings. The minimum atomic E-state index is -0.0127. The van der Waals surface area contributed by atoms with Crippen LogP contribution in [-0.4, -0.2) is 43.5 Å². The molecule has 0 bridgehead atoms. The summed E-state index contributed by atoms with van der Waals surface area (Å²) >= 11 is 3.55. The summed E-state index contributed by atoms with van der Waals surface area (Å²) in [6.45, 7) is 3.08. The van der Waals surface area contributed by atoms with Crippen LogP contribution in [0.25, 0.3) is 0 Å². The molecule has 1 aliphatic carbocycles. The predicted molar refractivity (Wildman–Crippen MR) is 66.1 cm³/mol. The lowest BCUT2D eigenvalue weighted by atomic mass is 9.96. The van der Waals surface area contributed by atoms with Crippen LogP contribution >= 0.6 is 15.9 Å². The van der Waals surface area contributed by atoms with Gasteiger partial charge in [0.05, 0.1) is 24.9 Å². The van der Waals surface area contributed by atoms with Gasteiger partial charge in [0.15, 0.2) is 0 Å². The minimum Gasteiger partial charge on any atom is -0.381 e. The number of hydrogen-bond acceptors (Lipinski definition) is 3. The fraction of sp³-hybridized carbons (Fsp3) is 1.00. The molecule has 1 heterocycles. The first-order chi connectivity index (χ1) is 7.85. The Kier molecular flexibility index (Phi) is 5.07. The molecular weight excluding hydrogens is 272 g/mol. The molecule has 1 saturated heterocycles. The molecule has 1 saturated carbocycles. The first-order valence-corrected chi connectivity index (χ1v) is 7.36. The molecule has 0 aromatic heterocycles. The number of halogens is 1. The second kappa shape index (κ2) is 6.34. The monoisotopic (exact) mass is 292 g/mol. The van der Waals surface area contributed by atoms with Gasteiger partial charge in [-0.15, -0.1) is 0 Å². The van der Waals surface area contributed by atoms with Crippen molar-refractivity contribution in [3.8, 4) is 0 Å². The van der Waals surface area contributed by atoms with Gasteiger partial charge in [-0.05, 0) is 19.3 Å². The third-order valence-corrected chi connectivity index (χ3v) is 4.57. The van der Waals surface area contributed by atoms with E-state index in [1.165, 1.54) is 19.3 Å². The van der Waals surface area contributed by atoms with Gasteiger partial charge < -0.3 is 14.2 Å². The van der Waals surface area contributed by atoms with Crippen LogP contribution in [0.4, 0.5) is 0 Å². The highest BCUT2D eigenvalue weighted by Gasteiger charge is 2.32. The Morgan fingerprint density at radius 3 is 2.50 bits per heavy atom. The average Bonchev–Trinajstić information content (AvgIpc) is 2.28. The third kappa shape index (κ3) is 3.42. The number of rotatable bonds is 6. The van der Waals surface area contributed by atoms with Gasteiger partial charge in [0.2, 0.25) is 0 Å². The van der Waals surface area contributed by atoms with E-state index in [0.29, 0.717) is 12.7 Å². The maximum absolute atomic E-state index is 5.99. The molecular formula is C12H21BrO3.